The first kappa shape index (κ1) is 23.2. The van der Waals surface area contributed by atoms with Crippen molar-refractivity contribution in [3.8, 4) is 0 Å². The fourth-order valence-electron chi connectivity index (χ4n) is 3.30. The number of hydrogen-bond acceptors (Lipinski definition) is 3. The van der Waals surface area contributed by atoms with Crippen LogP contribution in [0.15, 0.2) is 23.2 Å². The number of nitrogens with one attached hydrogen (secondary N) is 1. The SMILES string of the molecule is CN=C(NCCCCCOC)N1CCOC(c2ccc(C)cc2C)C1.I. The Hall–Kier alpha value is -0.860. The topological polar surface area (TPSA) is 46.1 Å². The first-order valence-electron chi connectivity index (χ1n) is 9.29. The zero-order chi connectivity index (χ0) is 18.1. The molecule has 1 atom stereocenters. The largest absolute Gasteiger partial charge is 0.385 e. The van der Waals surface area contributed by atoms with E-state index in [0.717, 1.165) is 51.6 Å². The highest BCUT2D eigenvalue weighted by Crippen LogP contribution is 2.25. The summed E-state index contributed by atoms with van der Waals surface area (Å²) >= 11 is 0. The van der Waals surface area contributed by atoms with Crippen molar-refractivity contribution in [3.63, 3.8) is 0 Å². The maximum absolute atomic E-state index is 6.04. The van der Waals surface area contributed by atoms with Crippen LogP contribution in [0.1, 0.15) is 42.1 Å². The van der Waals surface area contributed by atoms with Crippen molar-refractivity contribution in [2.45, 2.75) is 39.2 Å². The summed E-state index contributed by atoms with van der Waals surface area (Å²) in [7, 11) is 3.61. The van der Waals surface area contributed by atoms with Crippen LogP contribution in [-0.4, -0.2) is 57.9 Å². The smallest absolute Gasteiger partial charge is 0.193 e. The molecule has 1 aromatic rings. The van der Waals surface area contributed by atoms with Crippen LogP contribution in [0.5, 0.6) is 0 Å². The quantitative estimate of drug-likeness (QED) is 0.283. The van der Waals surface area contributed by atoms with Gasteiger partial charge in [-0.3, -0.25) is 4.99 Å². The number of aliphatic imine (C=N–C) groups is 1. The van der Waals surface area contributed by atoms with Gasteiger partial charge in [0.15, 0.2) is 5.96 Å². The lowest BCUT2D eigenvalue weighted by atomic mass is 10.00. The van der Waals surface area contributed by atoms with Crippen LogP contribution < -0.4 is 5.32 Å². The number of unbranched alkanes of at least 4 members (excludes halogenated alkanes) is 2. The molecule has 5 nitrogen and oxygen atoms in total. The van der Waals surface area contributed by atoms with Gasteiger partial charge in [-0.15, -0.1) is 24.0 Å². The van der Waals surface area contributed by atoms with E-state index >= 15 is 0 Å². The van der Waals surface area contributed by atoms with Gasteiger partial charge in [-0.05, 0) is 44.2 Å². The molecule has 0 aromatic heterocycles. The number of ether oxygens (including phenoxy) is 2. The van der Waals surface area contributed by atoms with Crippen molar-refractivity contribution in [3.05, 3.63) is 34.9 Å². The fourth-order valence-corrected chi connectivity index (χ4v) is 3.30. The summed E-state index contributed by atoms with van der Waals surface area (Å²) < 4.78 is 11.1. The summed E-state index contributed by atoms with van der Waals surface area (Å²) in [5.41, 5.74) is 3.87. The van der Waals surface area contributed by atoms with Gasteiger partial charge in [0, 0.05) is 33.9 Å². The lowest BCUT2D eigenvalue weighted by Crippen LogP contribution is -2.48. The number of morpholine rings is 1. The zero-order valence-corrected chi connectivity index (χ0v) is 18.9. The molecule has 0 bridgehead atoms. The Morgan fingerprint density at radius 1 is 1.31 bits per heavy atom. The monoisotopic (exact) mass is 475 g/mol. The van der Waals surface area contributed by atoms with E-state index in [4.69, 9.17) is 9.47 Å². The van der Waals surface area contributed by atoms with E-state index in [1.165, 1.54) is 23.1 Å². The summed E-state index contributed by atoms with van der Waals surface area (Å²) in [6.07, 6.45) is 3.53. The van der Waals surface area contributed by atoms with E-state index in [1.54, 1.807) is 7.11 Å². The highest BCUT2D eigenvalue weighted by Gasteiger charge is 2.25. The predicted molar refractivity (Wildman–Crippen MR) is 119 cm³/mol. The molecule has 1 aliphatic heterocycles. The van der Waals surface area contributed by atoms with Crippen molar-refractivity contribution in [1.29, 1.82) is 0 Å². The molecule has 0 spiro atoms. The van der Waals surface area contributed by atoms with E-state index in [0.29, 0.717) is 0 Å². The van der Waals surface area contributed by atoms with E-state index in [9.17, 15) is 0 Å². The summed E-state index contributed by atoms with van der Waals surface area (Å²) in [5, 5.41) is 3.49. The van der Waals surface area contributed by atoms with Gasteiger partial charge in [0.1, 0.15) is 6.10 Å². The fraction of sp³-hybridized carbons (Fsp3) is 0.650. The van der Waals surface area contributed by atoms with Crippen LogP contribution in [0.4, 0.5) is 0 Å². The van der Waals surface area contributed by atoms with Crippen LogP contribution in [-0.2, 0) is 9.47 Å². The number of nitrogens with zero attached hydrogens (tertiary/aromatic N) is 2. The molecular formula is C20H34IN3O2. The molecule has 1 heterocycles. The Morgan fingerprint density at radius 3 is 2.81 bits per heavy atom. The Labute approximate surface area is 175 Å². The predicted octanol–water partition coefficient (Wildman–Crippen LogP) is 3.69. The molecule has 148 valence electrons. The molecule has 26 heavy (non-hydrogen) atoms. The molecular weight excluding hydrogens is 441 g/mol. The van der Waals surface area contributed by atoms with E-state index in [1.807, 2.05) is 7.05 Å². The van der Waals surface area contributed by atoms with Gasteiger partial charge >= 0.3 is 0 Å². The number of rotatable bonds is 7. The van der Waals surface area contributed by atoms with Crippen LogP contribution in [0, 0.1) is 13.8 Å². The Bertz CT molecular complexity index is 566. The second-order valence-electron chi connectivity index (χ2n) is 6.69. The molecule has 0 radical (unpaired) electrons. The normalized spacial score (nSPS) is 17.8. The number of halogens is 1. The first-order chi connectivity index (χ1) is 12.2. The van der Waals surface area contributed by atoms with Crippen LogP contribution >= 0.6 is 24.0 Å². The highest BCUT2D eigenvalue weighted by atomic mass is 127. The van der Waals surface area contributed by atoms with E-state index < -0.39 is 0 Å². The van der Waals surface area contributed by atoms with Gasteiger partial charge in [-0.25, -0.2) is 0 Å². The number of hydrogen-bond donors (Lipinski definition) is 1. The lowest BCUT2D eigenvalue weighted by molar-refractivity contribution is -0.00831. The third-order valence-corrected chi connectivity index (χ3v) is 4.66. The molecule has 6 heteroatoms. The summed E-state index contributed by atoms with van der Waals surface area (Å²) in [5.74, 6) is 0.977. The Kier molecular flexibility index (Phi) is 11.2. The second kappa shape index (κ2) is 12.5. The number of benzene rings is 1. The summed E-state index contributed by atoms with van der Waals surface area (Å²) in [4.78, 5) is 6.77. The number of aryl methyl sites for hydroxylation is 2. The minimum absolute atomic E-state index is 0. The molecule has 2 rings (SSSR count). The molecule has 1 aromatic carbocycles. The van der Waals surface area contributed by atoms with Gasteiger partial charge in [0.25, 0.3) is 0 Å². The minimum Gasteiger partial charge on any atom is -0.385 e. The van der Waals surface area contributed by atoms with Crippen molar-refractivity contribution < 1.29 is 9.47 Å². The summed E-state index contributed by atoms with van der Waals surface area (Å²) in [6.45, 7) is 8.53. The second-order valence-corrected chi connectivity index (χ2v) is 6.69. The average molecular weight is 475 g/mol. The van der Waals surface area contributed by atoms with Crippen molar-refractivity contribution >= 4 is 29.9 Å². The van der Waals surface area contributed by atoms with Crippen LogP contribution in [0.25, 0.3) is 0 Å². The molecule has 0 aliphatic carbocycles. The molecule has 1 N–H and O–H groups in total. The molecule has 1 unspecified atom stereocenters. The Balaban J connectivity index is 0.00000338. The molecule has 0 amide bonds. The van der Waals surface area contributed by atoms with Gasteiger partial charge in [-0.2, -0.15) is 0 Å². The Morgan fingerprint density at radius 2 is 2.12 bits per heavy atom. The van der Waals surface area contributed by atoms with E-state index in [2.05, 4.69) is 47.3 Å². The van der Waals surface area contributed by atoms with Crippen molar-refractivity contribution in [1.82, 2.24) is 10.2 Å². The zero-order valence-electron chi connectivity index (χ0n) is 16.6. The van der Waals surface area contributed by atoms with Gasteiger partial charge in [0.05, 0.1) is 13.2 Å². The molecule has 1 fully saturated rings. The number of guanidine groups is 1. The third-order valence-electron chi connectivity index (χ3n) is 4.66. The highest BCUT2D eigenvalue weighted by molar-refractivity contribution is 14.0. The summed E-state index contributed by atoms with van der Waals surface area (Å²) in [6, 6.07) is 6.59. The molecule has 1 aliphatic rings. The van der Waals surface area contributed by atoms with Gasteiger partial charge in [0.2, 0.25) is 0 Å². The number of methoxy groups -OCH3 is 1. The molecule has 1 saturated heterocycles. The lowest BCUT2D eigenvalue weighted by Gasteiger charge is -2.35. The maximum Gasteiger partial charge on any atom is 0.193 e. The maximum atomic E-state index is 6.04. The van der Waals surface area contributed by atoms with E-state index in [-0.39, 0.29) is 30.1 Å². The van der Waals surface area contributed by atoms with Gasteiger partial charge < -0.3 is 19.7 Å². The van der Waals surface area contributed by atoms with Crippen LogP contribution in [0.3, 0.4) is 0 Å². The first-order valence-corrected chi connectivity index (χ1v) is 9.29. The third kappa shape index (κ3) is 7.04. The van der Waals surface area contributed by atoms with Crippen LogP contribution in [0.2, 0.25) is 0 Å². The minimum atomic E-state index is 0. The van der Waals surface area contributed by atoms with Crippen molar-refractivity contribution in [2.24, 2.45) is 4.99 Å². The standard InChI is InChI=1S/C20H33N3O2.HI/c1-16-8-9-18(17(2)14-16)19-15-23(11-13-25-19)20(21-3)22-10-6-5-7-12-24-4;/h8-9,14,19H,5-7,10-13,15H2,1-4H3,(H,21,22);1H. The van der Waals surface area contributed by atoms with Crippen molar-refractivity contribution in [2.75, 3.05) is 47.0 Å². The molecule has 0 saturated carbocycles. The van der Waals surface area contributed by atoms with Gasteiger partial charge in [-0.1, -0.05) is 23.8 Å². The average Bonchev–Trinajstić information content (AvgIpc) is 2.61.